The summed E-state index contributed by atoms with van der Waals surface area (Å²) in [6, 6.07) is 64.2. The van der Waals surface area contributed by atoms with Crippen molar-refractivity contribution in [1.29, 1.82) is 0 Å². The first-order valence-electron chi connectivity index (χ1n) is 18.2. The van der Waals surface area contributed by atoms with Crippen LogP contribution in [0.25, 0.3) is 110 Å². The highest BCUT2D eigenvalue weighted by molar-refractivity contribution is 6.26. The van der Waals surface area contributed by atoms with E-state index in [0.29, 0.717) is 17.5 Å². The van der Waals surface area contributed by atoms with Crippen LogP contribution >= 0.6 is 0 Å². The van der Waals surface area contributed by atoms with Crippen LogP contribution in [0.1, 0.15) is 0 Å². The van der Waals surface area contributed by atoms with E-state index in [-0.39, 0.29) is 0 Å². The lowest BCUT2D eigenvalue weighted by atomic mass is 9.90. The zero-order valence-electron chi connectivity index (χ0n) is 29.1. The van der Waals surface area contributed by atoms with Crippen molar-refractivity contribution in [3.05, 3.63) is 182 Å². The van der Waals surface area contributed by atoms with Crippen LogP contribution in [0, 0.1) is 0 Å². The number of fused-ring (bicyclic) bond motifs is 10. The zero-order valence-corrected chi connectivity index (χ0v) is 29.1. The van der Waals surface area contributed by atoms with Crippen molar-refractivity contribution in [2.45, 2.75) is 0 Å². The molecule has 4 heteroatoms. The quantitative estimate of drug-likeness (QED) is 0.173. The lowest BCUT2D eigenvalue weighted by Gasteiger charge is -2.15. The van der Waals surface area contributed by atoms with Crippen LogP contribution in [-0.4, -0.2) is 19.9 Å². The van der Waals surface area contributed by atoms with Crippen molar-refractivity contribution < 1.29 is 0 Å². The number of aromatic nitrogens is 4. The minimum absolute atomic E-state index is 0.544. The van der Waals surface area contributed by atoms with Gasteiger partial charge in [-0.2, -0.15) is 0 Å². The Balaban J connectivity index is 1.18. The number of nitrogens with zero attached hydrogens (tertiary/aromatic N) is 4. The van der Waals surface area contributed by atoms with Gasteiger partial charge in [-0.1, -0.05) is 164 Å². The van der Waals surface area contributed by atoms with Gasteiger partial charge in [0.05, 0.1) is 5.52 Å². The van der Waals surface area contributed by atoms with E-state index in [1.807, 2.05) is 42.5 Å². The number of benzene rings is 9. The molecule has 0 aliphatic rings. The molecule has 54 heavy (non-hydrogen) atoms. The molecule has 0 bridgehead atoms. The van der Waals surface area contributed by atoms with E-state index < -0.39 is 0 Å². The molecule has 0 radical (unpaired) electrons. The molecule has 0 aliphatic heterocycles. The predicted octanol–water partition coefficient (Wildman–Crippen LogP) is 12.9. The van der Waals surface area contributed by atoms with Gasteiger partial charge in [-0.15, -0.1) is 0 Å². The van der Waals surface area contributed by atoms with Gasteiger partial charge in [0.1, 0.15) is 5.69 Å². The van der Waals surface area contributed by atoms with E-state index in [4.69, 9.17) is 19.9 Å². The van der Waals surface area contributed by atoms with Gasteiger partial charge in [0, 0.05) is 21.9 Å². The van der Waals surface area contributed by atoms with E-state index in [0.717, 1.165) is 43.9 Å². The first-order valence-corrected chi connectivity index (χ1v) is 18.2. The van der Waals surface area contributed by atoms with E-state index in [1.165, 1.54) is 48.8 Å². The second kappa shape index (κ2) is 12.1. The second-order valence-electron chi connectivity index (χ2n) is 13.8. The Morgan fingerprint density at radius 1 is 0.259 bits per heavy atom. The number of rotatable bonds is 4. The largest absolute Gasteiger partial charge is 0.244 e. The molecule has 0 unspecified atom stereocenters. The summed E-state index contributed by atoms with van der Waals surface area (Å²) in [7, 11) is 0. The highest BCUT2D eigenvalue weighted by Crippen LogP contribution is 2.40. The minimum Gasteiger partial charge on any atom is -0.244 e. The Morgan fingerprint density at radius 3 is 1.50 bits per heavy atom. The van der Waals surface area contributed by atoms with Gasteiger partial charge in [0.15, 0.2) is 17.5 Å². The molecule has 2 heterocycles. The smallest absolute Gasteiger partial charge is 0.183 e. The third kappa shape index (κ3) is 4.85. The predicted molar refractivity (Wildman–Crippen MR) is 224 cm³/mol. The summed E-state index contributed by atoms with van der Waals surface area (Å²) < 4.78 is 0. The van der Waals surface area contributed by atoms with Gasteiger partial charge < -0.3 is 0 Å². The highest BCUT2D eigenvalue weighted by atomic mass is 15.0. The molecule has 0 amide bonds. The standard InChI is InChI=1S/C50H30N4/c1-2-14-32(15-3-1)48-52-49(54-50(53-48)47-43-22-9-8-20-39(43)42-21-10-11-24-46(42)51-47)34-26-28-41-38-19-7-6-18-37(38)40-27-25-33(29-44(40)45(41)30-34)36-23-12-16-31-13-4-5-17-35(31)36/h1-30H. The van der Waals surface area contributed by atoms with Gasteiger partial charge in [-0.3, -0.25) is 0 Å². The number of pyridine rings is 1. The fraction of sp³-hybridized carbons (Fsp3) is 0. The van der Waals surface area contributed by atoms with Gasteiger partial charge in [-0.25, -0.2) is 19.9 Å². The van der Waals surface area contributed by atoms with E-state index in [1.54, 1.807) is 0 Å². The van der Waals surface area contributed by atoms with Crippen LogP contribution in [0.4, 0.5) is 0 Å². The molecule has 0 atom stereocenters. The van der Waals surface area contributed by atoms with E-state index >= 15 is 0 Å². The molecule has 4 nitrogen and oxygen atoms in total. The van der Waals surface area contributed by atoms with E-state index in [2.05, 4.69) is 140 Å². The average Bonchev–Trinajstić information content (AvgIpc) is 3.26. The van der Waals surface area contributed by atoms with Crippen molar-refractivity contribution in [1.82, 2.24) is 19.9 Å². The third-order valence-corrected chi connectivity index (χ3v) is 10.7. The van der Waals surface area contributed by atoms with Gasteiger partial charge in [0.2, 0.25) is 0 Å². The SMILES string of the molecule is c1ccc(-c2nc(-c3ccc4c5ccccc5c5ccc(-c6cccc7ccccc67)cc5c4c3)nc(-c3nc4ccccc4c4ccccc34)n2)cc1. The summed E-state index contributed by atoms with van der Waals surface area (Å²) >= 11 is 0. The topological polar surface area (TPSA) is 51.6 Å². The van der Waals surface area contributed by atoms with Crippen LogP contribution in [0.15, 0.2) is 182 Å². The van der Waals surface area contributed by atoms with Crippen molar-refractivity contribution in [3.63, 3.8) is 0 Å². The molecule has 9 aromatic carbocycles. The third-order valence-electron chi connectivity index (χ3n) is 10.7. The van der Waals surface area contributed by atoms with Crippen LogP contribution in [-0.2, 0) is 0 Å². The van der Waals surface area contributed by atoms with Gasteiger partial charge >= 0.3 is 0 Å². The number of hydrogen-bond donors (Lipinski definition) is 0. The van der Waals surface area contributed by atoms with Crippen molar-refractivity contribution in [2.24, 2.45) is 0 Å². The minimum atomic E-state index is 0.544. The normalized spacial score (nSPS) is 11.7. The fourth-order valence-electron chi connectivity index (χ4n) is 8.14. The Labute approximate surface area is 311 Å². The zero-order chi connectivity index (χ0) is 35.6. The lowest BCUT2D eigenvalue weighted by Crippen LogP contribution is -2.02. The fourth-order valence-corrected chi connectivity index (χ4v) is 8.14. The summed E-state index contributed by atoms with van der Waals surface area (Å²) in [5.41, 5.74) is 5.88. The van der Waals surface area contributed by atoms with Gasteiger partial charge in [-0.05, 0) is 77.8 Å². The van der Waals surface area contributed by atoms with Crippen LogP contribution in [0.3, 0.4) is 0 Å². The molecular weight excluding hydrogens is 657 g/mol. The van der Waals surface area contributed by atoms with E-state index in [9.17, 15) is 0 Å². The first-order chi connectivity index (χ1) is 26.8. The van der Waals surface area contributed by atoms with Crippen LogP contribution < -0.4 is 0 Å². The molecule has 0 spiro atoms. The first kappa shape index (κ1) is 30.3. The average molecular weight is 687 g/mol. The number of hydrogen-bond acceptors (Lipinski definition) is 4. The second-order valence-corrected chi connectivity index (χ2v) is 13.8. The molecule has 0 N–H and O–H groups in total. The molecule has 11 rings (SSSR count). The monoisotopic (exact) mass is 686 g/mol. The molecule has 250 valence electrons. The Kier molecular flexibility index (Phi) is 6.82. The number of para-hydroxylation sites is 1. The van der Waals surface area contributed by atoms with Crippen LogP contribution in [0.5, 0.6) is 0 Å². The maximum Gasteiger partial charge on any atom is 0.183 e. The molecule has 0 saturated heterocycles. The lowest BCUT2D eigenvalue weighted by molar-refractivity contribution is 1.07. The summed E-state index contributed by atoms with van der Waals surface area (Å²) in [4.78, 5) is 20.6. The van der Waals surface area contributed by atoms with Crippen molar-refractivity contribution >= 4 is 64.8 Å². The molecule has 0 aliphatic carbocycles. The Hall–Kier alpha value is -7.30. The molecule has 2 aromatic heterocycles. The van der Waals surface area contributed by atoms with Crippen molar-refractivity contribution in [3.8, 4) is 45.4 Å². The van der Waals surface area contributed by atoms with Gasteiger partial charge in [0.25, 0.3) is 0 Å². The molecule has 0 fully saturated rings. The summed E-state index contributed by atoms with van der Waals surface area (Å²) in [5.74, 6) is 1.75. The Bertz CT molecular complexity index is 3270. The summed E-state index contributed by atoms with van der Waals surface area (Å²) in [5, 5.41) is 12.9. The molecular formula is C50H30N4. The molecule has 11 aromatic rings. The summed E-state index contributed by atoms with van der Waals surface area (Å²) in [6.07, 6.45) is 0. The maximum atomic E-state index is 5.22. The van der Waals surface area contributed by atoms with Crippen LogP contribution in [0.2, 0.25) is 0 Å². The molecule has 0 saturated carbocycles. The maximum absolute atomic E-state index is 5.22. The highest BCUT2D eigenvalue weighted by Gasteiger charge is 2.18. The summed E-state index contributed by atoms with van der Waals surface area (Å²) in [6.45, 7) is 0. The Morgan fingerprint density at radius 2 is 0.759 bits per heavy atom. The van der Waals surface area contributed by atoms with Crippen molar-refractivity contribution in [2.75, 3.05) is 0 Å².